The van der Waals surface area contributed by atoms with Crippen LogP contribution < -0.4 is 10.6 Å². The number of para-hydroxylation sites is 1. The Labute approximate surface area is 214 Å². The van der Waals surface area contributed by atoms with E-state index in [1.165, 1.54) is 41.3 Å². The number of nitrogens with zero attached hydrogens (tertiary/aromatic N) is 6. The standard InChI is InChI=1S/C25H19N7O4S/c1-35-23(33)19-18(14-8-4-3-5-9-14)16(12-26)21(27)32(20(19)24(34)36-2)17-11-7-6-10-15(17)22-30-31-13-28-29-25(31)37-22/h3-11,13,18H,27H2,1-2H3. The molecule has 37 heavy (non-hydrogen) atoms. The summed E-state index contributed by atoms with van der Waals surface area (Å²) in [6.45, 7) is 0. The number of nitrogens with two attached hydrogens (primary N) is 1. The molecule has 12 heteroatoms. The normalized spacial score (nSPS) is 15.6. The average Bonchev–Trinajstić information content (AvgIpc) is 3.55. The van der Waals surface area contributed by atoms with Crippen LogP contribution in [0.5, 0.6) is 0 Å². The molecule has 3 heterocycles. The predicted molar refractivity (Wildman–Crippen MR) is 134 cm³/mol. The van der Waals surface area contributed by atoms with E-state index in [0.717, 1.165) is 0 Å². The topological polar surface area (TPSA) is 149 Å². The van der Waals surface area contributed by atoms with E-state index in [1.54, 1.807) is 54.6 Å². The Morgan fingerprint density at radius 1 is 1.05 bits per heavy atom. The van der Waals surface area contributed by atoms with Crippen LogP contribution in [0.15, 0.2) is 83.6 Å². The maximum atomic E-state index is 13.3. The summed E-state index contributed by atoms with van der Waals surface area (Å²) in [6, 6.07) is 18.0. The number of hydrogen-bond acceptors (Lipinski definition) is 11. The number of anilines is 1. The summed E-state index contributed by atoms with van der Waals surface area (Å²) in [5, 5.41) is 23.2. The molecule has 2 aromatic heterocycles. The van der Waals surface area contributed by atoms with Gasteiger partial charge in [-0.15, -0.1) is 10.2 Å². The number of allylic oxidation sites excluding steroid dienone is 1. The lowest BCUT2D eigenvalue weighted by Crippen LogP contribution is -2.41. The van der Waals surface area contributed by atoms with Gasteiger partial charge < -0.3 is 15.2 Å². The van der Waals surface area contributed by atoms with Gasteiger partial charge in [0.1, 0.15) is 22.9 Å². The highest BCUT2D eigenvalue weighted by atomic mass is 32.1. The smallest absolute Gasteiger partial charge is 0.355 e. The van der Waals surface area contributed by atoms with Gasteiger partial charge in [-0.05, 0) is 17.7 Å². The minimum absolute atomic E-state index is 0.0279. The zero-order valence-electron chi connectivity index (χ0n) is 19.7. The molecule has 0 spiro atoms. The third-order valence-corrected chi connectivity index (χ3v) is 6.82. The molecule has 1 aliphatic rings. The fourth-order valence-corrected chi connectivity index (χ4v) is 5.14. The Bertz CT molecular complexity index is 1600. The first-order chi connectivity index (χ1) is 18.0. The van der Waals surface area contributed by atoms with E-state index in [0.29, 0.717) is 26.8 Å². The van der Waals surface area contributed by atoms with Crippen LogP contribution in [0, 0.1) is 11.3 Å². The molecular formula is C25H19N7O4S. The molecule has 184 valence electrons. The van der Waals surface area contributed by atoms with Crippen LogP contribution in [0.4, 0.5) is 5.69 Å². The number of hydrogen-bond donors (Lipinski definition) is 1. The number of benzene rings is 2. The molecule has 0 aliphatic carbocycles. The van der Waals surface area contributed by atoms with E-state index in [2.05, 4.69) is 21.4 Å². The van der Waals surface area contributed by atoms with Crippen molar-refractivity contribution < 1.29 is 19.1 Å². The van der Waals surface area contributed by atoms with Gasteiger partial charge in [-0.2, -0.15) is 14.9 Å². The van der Waals surface area contributed by atoms with Crippen molar-refractivity contribution in [2.24, 2.45) is 5.73 Å². The maximum Gasteiger partial charge on any atom is 0.355 e. The fourth-order valence-electron chi connectivity index (χ4n) is 4.28. The van der Waals surface area contributed by atoms with Gasteiger partial charge in [0, 0.05) is 5.56 Å². The highest BCUT2D eigenvalue weighted by Gasteiger charge is 2.43. The number of fused-ring (bicyclic) bond motifs is 1. The average molecular weight is 514 g/mol. The largest absolute Gasteiger partial charge is 0.466 e. The summed E-state index contributed by atoms with van der Waals surface area (Å²) in [5.74, 6) is -2.60. The second-order valence-electron chi connectivity index (χ2n) is 7.82. The molecular weight excluding hydrogens is 494 g/mol. The summed E-state index contributed by atoms with van der Waals surface area (Å²) in [4.78, 5) is 28.5. The van der Waals surface area contributed by atoms with Gasteiger partial charge >= 0.3 is 11.9 Å². The van der Waals surface area contributed by atoms with Crippen molar-refractivity contribution in [1.82, 2.24) is 19.8 Å². The van der Waals surface area contributed by atoms with E-state index in [9.17, 15) is 14.9 Å². The van der Waals surface area contributed by atoms with Crippen LogP contribution in [0.2, 0.25) is 0 Å². The molecule has 4 aromatic rings. The monoisotopic (exact) mass is 513 g/mol. The Morgan fingerprint density at radius 3 is 2.43 bits per heavy atom. The van der Waals surface area contributed by atoms with Crippen LogP contribution in [-0.4, -0.2) is 46.0 Å². The molecule has 1 unspecified atom stereocenters. The van der Waals surface area contributed by atoms with E-state index in [1.807, 2.05) is 0 Å². The molecule has 0 saturated carbocycles. The number of esters is 2. The molecule has 0 saturated heterocycles. The first kappa shape index (κ1) is 23.7. The molecule has 5 rings (SSSR count). The second kappa shape index (κ2) is 9.56. The minimum Gasteiger partial charge on any atom is -0.466 e. The van der Waals surface area contributed by atoms with E-state index in [-0.39, 0.29) is 22.7 Å². The Kier molecular flexibility index (Phi) is 6.12. The molecule has 0 amide bonds. The van der Waals surface area contributed by atoms with Gasteiger partial charge in [0.2, 0.25) is 4.96 Å². The summed E-state index contributed by atoms with van der Waals surface area (Å²) in [7, 11) is 2.41. The lowest BCUT2D eigenvalue weighted by Gasteiger charge is -2.36. The van der Waals surface area contributed by atoms with Gasteiger partial charge in [-0.3, -0.25) is 4.90 Å². The van der Waals surface area contributed by atoms with E-state index in [4.69, 9.17) is 15.2 Å². The van der Waals surface area contributed by atoms with E-state index >= 15 is 0 Å². The van der Waals surface area contributed by atoms with Gasteiger partial charge in [0.05, 0.1) is 43.0 Å². The number of methoxy groups -OCH3 is 2. The van der Waals surface area contributed by atoms with Crippen molar-refractivity contribution in [2.45, 2.75) is 5.92 Å². The van der Waals surface area contributed by atoms with Crippen LogP contribution in [0.3, 0.4) is 0 Å². The lowest BCUT2D eigenvalue weighted by atomic mass is 9.80. The van der Waals surface area contributed by atoms with Crippen molar-refractivity contribution in [1.29, 1.82) is 5.26 Å². The summed E-state index contributed by atoms with van der Waals surface area (Å²) < 4.78 is 11.7. The Balaban J connectivity index is 1.82. The van der Waals surface area contributed by atoms with Gasteiger partial charge in [0.15, 0.2) is 0 Å². The van der Waals surface area contributed by atoms with Crippen LogP contribution in [0.25, 0.3) is 15.5 Å². The van der Waals surface area contributed by atoms with Crippen molar-refractivity contribution >= 4 is 33.9 Å². The Morgan fingerprint density at radius 2 is 1.76 bits per heavy atom. The molecule has 0 fully saturated rings. The van der Waals surface area contributed by atoms with Crippen molar-refractivity contribution in [3.63, 3.8) is 0 Å². The summed E-state index contributed by atoms with van der Waals surface area (Å²) in [5.41, 5.74) is 8.06. The number of rotatable bonds is 5. The summed E-state index contributed by atoms with van der Waals surface area (Å²) >= 11 is 1.27. The van der Waals surface area contributed by atoms with Crippen LogP contribution in [-0.2, 0) is 19.1 Å². The number of carbonyl (C=O) groups is 2. The van der Waals surface area contributed by atoms with Crippen molar-refractivity contribution in [3.8, 4) is 16.6 Å². The first-order valence-electron chi connectivity index (χ1n) is 10.9. The molecule has 2 N–H and O–H groups in total. The number of aromatic nitrogens is 4. The highest BCUT2D eigenvalue weighted by Crippen LogP contribution is 2.45. The molecule has 2 aromatic carbocycles. The minimum atomic E-state index is -0.953. The van der Waals surface area contributed by atoms with Gasteiger partial charge in [0.25, 0.3) is 0 Å². The van der Waals surface area contributed by atoms with Crippen LogP contribution >= 0.6 is 11.3 Å². The highest BCUT2D eigenvalue weighted by molar-refractivity contribution is 7.19. The fraction of sp³-hybridized carbons (Fsp3) is 0.120. The van der Waals surface area contributed by atoms with E-state index < -0.39 is 17.9 Å². The van der Waals surface area contributed by atoms with Crippen molar-refractivity contribution in [2.75, 3.05) is 19.1 Å². The molecule has 1 aliphatic heterocycles. The third-order valence-electron chi connectivity index (χ3n) is 5.87. The molecule has 11 nitrogen and oxygen atoms in total. The molecule has 1 atom stereocenters. The zero-order chi connectivity index (χ0) is 26.1. The Hall–Kier alpha value is -5.02. The SMILES string of the molecule is COC(=O)C1=C(C(=O)OC)N(c2ccccc2-c2nn3cnnc3s2)C(N)=C(C#N)C1c1ccccc1. The number of nitriles is 1. The second-order valence-corrected chi connectivity index (χ2v) is 8.77. The first-order valence-corrected chi connectivity index (χ1v) is 11.7. The molecule has 0 radical (unpaired) electrons. The predicted octanol–water partition coefficient (Wildman–Crippen LogP) is 2.75. The third kappa shape index (κ3) is 3.87. The van der Waals surface area contributed by atoms with Gasteiger partial charge in [-0.1, -0.05) is 53.8 Å². The van der Waals surface area contributed by atoms with Gasteiger partial charge in [-0.25, -0.2) is 9.59 Å². The zero-order valence-corrected chi connectivity index (χ0v) is 20.5. The number of carbonyl (C=O) groups excluding carboxylic acids is 2. The lowest BCUT2D eigenvalue weighted by molar-refractivity contribution is -0.139. The summed E-state index contributed by atoms with van der Waals surface area (Å²) in [6.07, 6.45) is 1.47. The number of ether oxygens (including phenoxy) is 2. The van der Waals surface area contributed by atoms with Crippen molar-refractivity contribution in [3.05, 3.63) is 89.2 Å². The quantitative estimate of drug-likeness (QED) is 0.395. The maximum absolute atomic E-state index is 13.3. The molecule has 0 bridgehead atoms. The van der Waals surface area contributed by atoms with Crippen LogP contribution in [0.1, 0.15) is 11.5 Å².